The summed E-state index contributed by atoms with van der Waals surface area (Å²) in [5, 5.41) is 0. The van der Waals surface area contributed by atoms with Gasteiger partial charge in [-0.15, -0.1) is 0 Å². The number of aryl methyl sites for hydroxylation is 4. The van der Waals surface area contributed by atoms with Gasteiger partial charge in [-0.1, -0.05) is 196 Å². The van der Waals surface area contributed by atoms with Crippen LogP contribution in [0, 0.1) is 0 Å². The molecule has 0 amide bonds. The van der Waals surface area contributed by atoms with Crippen molar-refractivity contribution in [1.82, 2.24) is 0 Å². The van der Waals surface area contributed by atoms with Crippen molar-refractivity contribution in [3.05, 3.63) is 97.6 Å². The molecule has 360 valence electrons. The second-order valence-corrected chi connectivity index (χ2v) is 20.0. The molecule has 0 saturated heterocycles. The van der Waals surface area contributed by atoms with E-state index < -0.39 is 0 Å². The lowest BCUT2D eigenvalue weighted by Crippen LogP contribution is -2.09. The standard InChI is InChI=1S/C62H102N2/c1-9-17-25-27-29-37-45-59-60(46-38-30-28-26-18-10-2)62(56-49-53(41-33-21-13-5)58(44-36-24-16-8)54(50-56)42-34-22-14-6)64(63)61(59)55-47-51(39-31-19-11-3)57(43-35-23-15-7)52(48-55)40-32-20-12-4/h37,45,47-50H,9-36,38-44,46H2,1-8H3. The summed E-state index contributed by atoms with van der Waals surface area (Å²) < 4.78 is 1.73. The zero-order valence-electron chi connectivity index (χ0n) is 43.8. The molecule has 1 aliphatic heterocycles. The van der Waals surface area contributed by atoms with Gasteiger partial charge in [0.1, 0.15) is 0 Å². The van der Waals surface area contributed by atoms with Crippen LogP contribution in [-0.4, -0.2) is 4.70 Å². The first-order valence-electron chi connectivity index (χ1n) is 28.4. The molecule has 0 bridgehead atoms. The van der Waals surface area contributed by atoms with Crippen LogP contribution >= 0.6 is 0 Å². The number of rotatable bonds is 39. The Hall–Kier alpha value is -2.74. The molecule has 0 aliphatic carbocycles. The molecule has 0 radical (unpaired) electrons. The maximum absolute atomic E-state index is 13.2. The van der Waals surface area contributed by atoms with Gasteiger partial charge >= 0.3 is 0 Å². The monoisotopic (exact) mass is 875 g/mol. The summed E-state index contributed by atoms with van der Waals surface area (Å²) in [4.78, 5) is 0. The first kappa shape index (κ1) is 55.6. The molecule has 1 aliphatic rings. The maximum atomic E-state index is 13.2. The summed E-state index contributed by atoms with van der Waals surface area (Å²) in [7, 11) is 0. The number of benzene rings is 2. The summed E-state index contributed by atoms with van der Waals surface area (Å²) in [6, 6.07) is 10.3. The van der Waals surface area contributed by atoms with Gasteiger partial charge in [0.2, 0.25) is 11.4 Å². The lowest BCUT2D eigenvalue weighted by Gasteiger charge is -2.20. The Morgan fingerprint density at radius 1 is 0.359 bits per heavy atom. The van der Waals surface area contributed by atoms with Crippen LogP contribution in [0.15, 0.2) is 47.6 Å². The average molecular weight is 876 g/mol. The van der Waals surface area contributed by atoms with Crippen molar-refractivity contribution in [2.75, 3.05) is 0 Å². The molecular weight excluding hydrogens is 773 g/mol. The fourth-order valence-electron chi connectivity index (χ4n) is 10.4. The summed E-state index contributed by atoms with van der Waals surface area (Å²) in [6.07, 6.45) is 49.4. The Morgan fingerprint density at radius 3 is 1.08 bits per heavy atom. The van der Waals surface area contributed by atoms with E-state index in [1.807, 2.05) is 0 Å². The van der Waals surface area contributed by atoms with E-state index in [0.717, 1.165) is 49.9 Å². The fraction of sp³-hybridized carbons (Fsp3) is 0.710. The minimum Gasteiger partial charge on any atom is -0.493 e. The highest BCUT2D eigenvalue weighted by Gasteiger charge is 2.36. The molecule has 0 saturated carbocycles. The van der Waals surface area contributed by atoms with Crippen molar-refractivity contribution in [3.8, 4) is 0 Å². The number of hydrogen-bond acceptors (Lipinski definition) is 0. The van der Waals surface area contributed by atoms with Crippen molar-refractivity contribution in [1.29, 1.82) is 0 Å². The van der Waals surface area contributed by atoms with Gasteiger partial charge in [0.15, 0.2) is 0 Å². The predicted molar refractivity (Wildman–Crippen MR) is 286 cm³/mol. The zero-order valence-corrected chi connectivity index (χ0v) is 43.8. The molecule has 64 heavy (non-hydrogen) atoms. The van der Waals surface area contributed by atoms with Crippen LogP contribution < -0.4 is 0 Å². The Morgan fingerprint density at radius 2 is 0.672 bits per heavy atom. The number of allylic oxidation sites excluding steroid dienone is 4. The van der Waals surface area contributed by atoms with Crippen molar-refractivity contribution >= 4 is 11.4 Å². The summed E-state index contributed by atoms with van der Waals surface area (Å²) in [5.41, 5.74) is 30.0. The molecular formula is C62H102N2. The Kier molecular flexibility index (Phi) is 30.0. The van der Waals surface area contributed by atoms with E-state index in [1.165, 1.54) is 215 Å². The van der Waals surface area contributed by atoms with Gasteiger partial charge in [-0.25, -0.2) is 4.70 Å². The maximum Gasteiger partial charge on any atom is 0.215 e. The Balaban J connectivity index is 2.41. The van der Waals surface area contributed by atoms with E-state index in [2.05, 4.69) is 91.8 Å². The highest BCUT2D eigenvalue weighted by Crippen LogP contribution is 2.45. The molecule has 0 spiro atoms. The van der Waals surface area contributed by atoms with Crippen LogP contribution in [0.25, 0.3) is 16.9 Å². The summed E-state index contributed by atoms with van der Waals surface area (Å²) in [6.45, 7) is 18.7. The third-order valence-corrected chi connectivity index (χ3v) is 14.3. The molecule has 1 heterocycles. The van der Waals surface area contributed by atoms with Gasteiger partial charge in [0.25, 0.3) is 0 Å². The first-order chi connectivity index (χ1) is 31.4. The molecule has 2 heteroatoms. The van der Waals surface area contributed by atoms with Crippen molar-refractivity contribution in [2.24, 2.45) is 0 Å². The molecule has 0 aromatic heterocycles. The van der Waals surface area contributed by atoms with Crippen LogP contribution in [-0.2, 0) is 38.5 Å². The van der Waals surface area contributed by atoms with E-state index in [1.54, 1.807) is 38.1 Å². The second-order valence-electron chi connectivity index (χ2n) is 20.0. The average Bonchev–Trinajstić information content (AvgIpc) is 3.57. The fourth-order valence-corrected chi connectivity index (χ4v) is 10.4. The van der Waals surface area contributed by atoms with Gasteiger partial charge in [-0.3, -0.25) is 0 Å². The third kappa shape index (κ3) is 18.9. The van der Waals surface area contributed by atoms with Gasteiger partial charge in [-0.2, -0.15) is 0 Å². The number of nitrogens with zero attached hydrogens (tertiary/aromatic N) is 2. The minimum absolute atomic E-state index is 1.01. The normalized spacial score (nSPS) is 13.2. The SMILES string of the molecule is CCCCCCC=CC1=C(c2cc(CCCCC)c(CCCCC)c(CCCCC)c2)[N+](=[N-])C(c2cc(CCCCC)c(CCCCC)c(CCCCC)c2)=C1CCCCCCCC. The predicted octanol–water partition coefficient (Wildman–Crippen LogP) is 20.5. The van der Waals surface area contributed by atoms with Crippen LogP contribution in [0.4, 0.5) is 0 Å². The van der Waals surface area contributed by atoms with E-state index in [-0.39, 0.29) is 0 Å². The van der Waals surface area contributed by atoms with Crippen LogP contribution in [0.5, 0.6) is 0 Å². The molecule has 0 unspecified atom stereocenters. The first-order valence-corrected chi connectivity index (χ1v) is 28.4. The molecule has 2 aromatic carbocycles. The largest absolute Gasteiger partial charge is 0.493 e. The topological polar surface area (TPSA) is 25.3 Å². The highest BCUT2D eigenvalue weighted by molar-refractivity contribution is 5.85. The number of hydrogen-bond donors (Lipinski definition) is 0. The summed E-state index contributed by atoms with van der Waals surface area (Å²) in [5.74, 6) is 0. The van der Waals surface area contributed by atoms with E-state index >= 15 is 0 Å². The second kappa shape index (κ2) is 34.6. The smallest absolute Gasteiger partial charge is 0.215 e. The minimum atomic E-state index is 1.01. The lowest BCUT2D eigenvalue weighted by molar-refractivity contribution is -0.345. The van der Waals surface area contributed by atoms with Crippen molar-refractivity contribution in [3.63, 3.8) is 0 Å². The highest BCUT2D eigenvalue weighted by atomic mass is 15.2. The Labute approximate surface area is 398 Å². The zero-order chi connectivity index (χ0) is 46.2. The van der Waals surface area contributed by atoms with Gasteiger partial charge in [-0.05, 0) is 160 Å². The van der Waals surface area contributed by atoms with E-state index in [9.17, 15) is 5.53 Å². The van der Waals surface area contributed by atoms with E-state index in [0.29, 0.717) is 0 Å². The third-order valence-electron chi connectivity index (χ3n) is 14.3. The molecule has 0 atom stereocenters. The van der Waals surface area contributed by atoms with Gasteiger partial charge in [0.05, 0.1) is 5.57 Å². The van der Waals surface area contributed by atoms with E-state index in [4.69, 9.17) is 0 Å². The van der Waals surface area contributed by atoms with Crippen molar-refractivity contribution in [2.45, 2.75) is 287 Å². The molecule has 2 aromatic rings. The molecule has 2 nitrogen and oxygen atoms in total. The molecule has 0 N–H and O–H groups in total. The van der Waals surface area contributed by atoms with Crippen LogP contribution in [0.3, 0.4) is 0 Å². The lowest BCUT2D eigenvalue weighted by atomic mass is 9.86. The van der Waals surface area contributed by atoms with Crippen LogP contribution in [0.2, 0.25) is 0 Å². The molecule has 0 fully saturated rings. The Bertz CT molecular complexity index is 1620. The van der Waals surface area contributed by atoms with Gasteiger partial charge in [0, 0.05) is 16.7 Å². The number of unbranched alkanes of at least 4 members (excludes halogenated alkanes) is 21. The molecule has 3 rings (SSSR count). The van der Waals surface area contributed by atoms with Gasteiger partial charge < -0.3 is 5.53 Å². The summed E-state index contributed by atoms with van der Waals surface area (Å²) >= 11 is 0. The van der Waals surface area contributed by atoms with Crippen molar-refractivity contribution < 1.29 is 4.70 Å². The van der Waals surface area contributed by atoms with Crippen LogP contribution in [0.1, 0.15) is 293 Å². The quantitative estimate of drug-likeness (QED) is 0.0472.